The van der Waals surface area contributed by atoms with Gasteiger partial charge in [-0.05, 0) is 32.1 Å². The zero-order chi connectivity index (χ0) is 11.9. The van der Waals surface area contributed by atoms with Crippen molar-refractivity contribution in [1.29, 1.82) is 0 Å². The van der Waals surface area contributed by atoms with Crippen molar-refractivity contribution in [3.63, 3.8) is 0 Å². The van der Waals surface area contributed by atoms with Gasteiger partial charge < -0.3 is 5.32 Å². The average Bonchev–Trinajstić information content (AvgIpc) is 2.83. The highest BCUT2D eigenvalue weighted by Crippen LogP contribution is 2.19. The number of hydrogen-bond acceptors (Lipinski definition) is 4. The molecular weight excluding hydrogens is 236 g/mol. The number of carbonyl (C=O) groups is 1. The maximum absolute atomic E-state index is 11.4. The molecule has 1 aromatic rings. The Labute approximate surface area is 104 Å². The fraction of sp³-hybridized carbons (Fsp3) is 0.545. The van der Waals surface area contributed by atoms with Crippen LogP contribution in [-0.4, -0.2) is 22.8 Å². The molecule has 0 aliphatic heterocycles. The number of anilines is 1. The first kappa shape index (κ1) is 12.0. The second-order valence-electron chi connectivity index (χ2n) is 3.98. The normalized spacial score (nSPS) is 15.2. The monoisotopic (exact) mass is 252 g/mol. The molecule has 1 aromatic heterocycles. The van der Waals surface area contributed by atoms with Crippen LogP contribution in [-0.2, 0) is 0 Å². The van der Waals surface area contributed by atoms with Crippen LogP contribution < -0.4 is 10.6 Å². The predicted octanol–water partition coefficient (Wildman–Crippen LogP) is 2.55. The lowest BCUT2D eigenvalue weighted by Gasteiger charge is -2.12. The summed E-state index contributed by atoms with van der Waals surface area (Å²) >= 11 is 1.31. The van der Waals surface area contributed by atoms with Crippen LogP contribution in [0.2, 0.25) is 0 Å². The lowest BCUT2D eigenvalue weighted by atomic mass is 9.97. The topological polar surface area (TPSA) is 66.9 Å². The van der Waals surface area contributed by atoms with Crippen LogP contribution >= 0.6 is 11.3 Å². The third-order valence-corrected chi connectivity index (χ3v) is 3.30. The van der Waals surface area contributed by atoms with E-state index >= 15 is 0 Å². The van der Waals surface area contributed by atoms with E-state index in [1.54, 1.807) is 5.51 Å². The Balaban J connectivity index is 1.64. The maximum atomic E-state index is 11.4. The van der Waals surface area contributed by atoms with E-state index in [0.29, 0.717) is 11.7 Å². The minimum absolute atomic E-state index is 0.210. The first-order valence-electron chi connectivity index (χ1n) is 5.83. The van der Waals surface area contributed by atoms with Crippen molar-refractivity contribution in [2.45, 2.75) is 32.1 Å². The molecule has 17 heavy (non-hydrogen) atoms. The van der Waals surface area contributed by atoms with E-state index < -0.39 is 0 Å². The molecule has 1 heterocycles. The van der Waals surface area contributed by atoms with Crippen LogP contribution in [0.5, 0.6) is 0 Å². The Hall–Kier alpha value is -1.43. The Morgan fingerprint density at radius 2 is 2.41 bits per heavy atom. The van der Waals surface area contributed by atoms with Crippen LogP contribution in [0.4, 0.5) is 9.93 Å². The molecule has 1 aliphatic carbocycles. The molecule has 0 saturated carbocycles. The van der Waals surface area contributed by atoms with Gasteiger partial charge in [0, 0.05) is 6.54 Å². The SMILES string of the molecule is O=C(NCCC1=CCCCC1)Nc1nncs1. The number of amides is 2. The van der Waals surface area contributed by atoms with Crippen molar-refractivity contribution in [3.05, 3.63) is 17.2 Å². The second kappa shape index (κ2) is 6.34. The number of nitrogens with one attached hydrogen (secondary N) is 2. The molecule has 0 atom stereocenters. The first-order chi connectivity index (χ1) is 8.34. The predicted molar refractivity (Wildman–Crippen MR) is 68.1 cm³/mol. The van der Waals surface area contributed by atoms with E-state index in [9.17, 15) is 4.79 Å². The third kappa shape index (κ3) is 4.14. The average molecular weight is 252 g/mol. The van der Waals surface area contributed by atoms with Gasteiger partial charge in [0.25, 0.3) is 0 Å². The summed E-state index contributed by atoms with van der Waals surface area (Å²) in [4.78, 5) is 11.4. The van der Waals surface area contributed by atoms with Gasteiger partial charge in [-0.15, -0.1) is 10.2 Å². The lowest BCUT2D eigenvalue weighted by Crippen LogP contribution is -2.29. The molecule has 0 fully saturated rings. The van der Waals surface area contributed by atoms with Crippen LogP contribution in [0.1, 0.15) is 32.1 Å². The third-order valence-electron chi connectivity index (χ3n) is 2.70. The quantitative estimate of drug-likeness (QED) is 0.809. The summed E-state index contributed by atoms with van der Waals surface area (Å²) in [5.74, 6) is 0. The highest BCUT2D eigenvalue weighted by Gasteiger charge is 2.06. The van der Waals surface area contributed by atoms with Crippen LogP contribution in [0, 0.1) is 0 Å². The molecule has 0 bridgehead atoms. The summed E-state index contributed by atoms with van der Waals surface area (Å²) in [5.41, 5.74) is 3.05. The van der Waals surface area contributed by atoms with Gasteiger partial charge in [-0.2, -0.15) is 0 Å². The molecule has 2 rings (SSSR count). The van der Waals surface area contributed by atoms with E-state index in [4.69, 9.17) is 0 Å². The Bertz CT molecular complexity index is 388. The molecule has 0 unspecified atom stereocenters. The van der Waals surface area contributed by atoms with Crippen molar-refractivity contribution < 1.29 is 4.79 Å². The second-order valence-corrected chi connectivity index (χ2v) is 4.82. The fourth-order valence-electron chi connectivity index (χ4n) is 1.84. The minimum atomic E-state index is -0.210. The summed E-state index contributed by atoms with van der Waals surface area (Å²) in [6.07, 6.45) is 8.20. The van der Waals surface area contributed by atoms with Crippen molar-refractivity contribution >= 4 is 22.5 Å². The van der Waals surface area contributed by atoms with Crippen LogP contribution in [0.15, 0.2) is 17.2 Å². The number of nitrogens with zero attached hydrogens (tertiary/aromatic N) is 2. The summed E-state index contributed by atoms with van der Waals surface area (Å²) in [7, 11) is 0. The van der Waals surface area contributed by atoms with E-state index in [1.807, 2.05) is 0 Å². The highest BCUT2D eigenvalue weighted by molar-refractivity contribution is 7.13. The minimum Gasteiger partial charge on any atom is -0.337 e. The van der Waals surface area contributed by atoms with Crippen molar-refractivity contribution in [2.24, 2.45) is 0 Å². The summed E-state index contributed by atoms with van der Waals surface area (Å²) in [6.45, 7) is 0.677. The van der Waals surface area contributed by atoms with Gasteiger partial charge in [-0.3, -0.25) is 5.32 Å². The largest absolute Gasteiger partial charge is 0.337 e. The zero-order valence-electron chi connectivity index (χ0n) is 9.61. The molecule has 5 nitrogen and oxygen atoms in total. The molecule has 92 valence electrons. The van der Waals surface area contributed by atoms with Gasteiger partial charge in [0.1, 0.15) is 5.51 Å². The van der Waals surface area contributed by atoms with Gasteiger partial charge in [0.15, 0.2) is 0 Å². The molecule has 1 aliphatic rings. The summed E-state index contributed by atoms with van der Waals surface area (Å²) in [6, 6.07) is -0.210. The lowest BCUT2D eigenvalue weighted by molar-refractivity contribution is 0.252. The Morgan fingerprint density at radius 3 is 3.12 bits per heavy atom. The maximum Gasteiger partial charge on any atom is 0.321 e. The number of urea groups is 1. The molecular formula is C11H16N4OS. The van der Waals surface area contributed by atoms with Crippen molar-refractivity contribution in [3.8, 4) is 0 Å². The van der Waals surface area contributed by atoms with E-state index in [2.05, 4.69) is 26.9 Å². The Kier molecular flexibility index (Phi) is 4.49. The van der Waals surface area contributed by atoms with Crippen LogP contribution in [0.25, 0.3) is 0 Å². The summed E-state index contributed by atoms with van der Waals surface area (Å²) in [5, 5.41) is 13.4. The van der Waals surface area contributed by atoms with Crippen molar-refractivity contribution in [2.75, 3.05) is 11.9 Å². The number of allylic oxidation sites excluding steroid dienone is 1. The van der Waals surface area contributed by atoms with E-state index in [0.717, 1.165) is 6.42 Å². The van der Waals surface area contributed by atoms with E-state index in [-0.39, 0.29) is 6.03 Å². The molecule has 2 N–H and O–H groups in total. The van der Waals surface area contributed by atoms with Gasteiger partial charge in [0.05, 0.1) is 0 Å². The number of carbonyl (C=O) groups excluding carboxylic acids is 1. The molecule has 6 heteroatoms. The number of hydrogen-bond donors (Lipinski definition) is 2. The van der Waals surface area contributed by atoms with Gasteiger partial charge >= 0.3 is 6.03 Å². The Morgan fingerprint density at radius 1 is 1.47 bits per heavy atom. The smallest absolute Gasteiger partial charge is 0.321 e. The fourth-order valence-corrected chi connectivity index (χ4v) is 2.28. The standard InChI is InChI=1S/C11H16N4OS/c16-10(14-11-15-13-8-17-11)12-7-6-9-4-2-1-3-5-9/h4,8H,1-3,5-7H2,(H2,12,14,15,16). The number of rotatable bonds is 4. The van der Waals surface area contributed by atoms with Crippen LogP contribution in [0.3, 0.4) is 0 Å². The molecule has 0 saturated heterocycles. The summed E-state index contributed by atoms with van der Waals surface area (Å²) < 4.78 is 0. The first-order valence-corrected chi connectivity index (χ1v) is 6.71. The number of aromatic nitrogens is 2. The van der Waals surface area contributed by atoms with Gasteiger partial charge in [0.2, 0.25) is 5.13 Å². The molecule has 0 aromatic carbocycles. The zero-order valence-corrected chi connectivity index (χ0v) is 10.4. The van der Waals surface area contributed by atoms with Gasteiger partial charge in [-0.25, -0.2) is 4.79 Å². The van der Waals surface area contributed by atoms with E-state index in [1.165, 1.54) is 42.6 Å². The highest BCUT2D eigenvalue weighted by atomic mass is 32.1. The molecule has 2 amide bonds. The van der Waals surface area contributed by atoms with Gasteiger partial charge in [-0.1, -0.05) is 23.0 Å². The molecule has 0 spiro atoms. The molecule has 0 radical (unpaired) electrons. The van der Waals surface area contributed by atoms with Crippen molar-refractivity contribution in [1.82, 2.24) is 15.5 Å².